The highest BCUT2D eigenvalue weighted by molar-refractivity contribution is 6.03. The number of benzene rings is 2. The zero-order chi connectivity index (χ0) is 25.5. The molecule has 7 nitrogen and oxygen atoms in total. The number of carboxylic acids is 1. The van der Waals surface area contributed by atoms with E-state index in [1.54, 1.807) is 24.8 Å². The molecule has 1 heterocycles. The Morgan fingerprint density at radius 2 is 1.77 bits per heavy atom. The lowest BCUT2D eigenvalue weighted by Gasteiger charge is -2.18. The molecule has 180 valence electrons. The van der Waals surface area contributed by atoms with Crippen LogP contribution in [0.3, 0.4) is 0 Å². The second kappa shape index (κ2) is 11.2. The highest BCUT2D eigenvalue weighted by Gasteiger charge is 2.16. The number of aromatic nitrogens is 2. The van der Waals surface area contributed by atoms with Gasteiger partial charge in [0.1, 0.15) is 11.6 Å². The summed E-state index contributed by atoms with van der Waals surface area (Å²) in [5, 5.41) is 14.0. The van der Waals surface area contributed by atoms with Crippen molar-refractivity contribution in [3.8, 4) is 0 Å². The van der Waals surface area contributed by atoms with Gasteiger partial charge < -0.3 is 15.3 Å². The number of carboxylic acid groups (broad SMARTS) is 1. The van der Waals surface area contributed by atoms with E-state index in [0.717, 1.165) is 16.0 Å². The van der Waals surface area contributed by atoms with Crippen molar-refractivity contribution in [1.29, 1.82) is 0 Å². The van der Waals surface area contributed by atoms with E-state index in [1.807, 2.05) is 68.7 Å². The molecule has 7 heteroatoms. The first-order valence-corrected chi connectivity index (χ1v) is 11.2. The summed E-state index contributed by atoms with van der Waals surface area (Å²) < 4.78 is 0. The topological polar surface area (TPSA) is 95.4 Å². The Balaban J connectivity index is 1.71. The molecule has 0 saturated heterocycles. The predicted molar refractivity (Wildman–Crippen MR) is 140 cm³/mol. The zero-order valence-corrected chi connectivity index (χ0v) is 20.5. The molecule has 0 aliphatic carbocycles. The van der Waals surface area contributed by atoms with Crippen molar-refractivity contribution >= 4 is 36.0 Å². The van der Waals surface area contributed by atoms with Gasteiger partial charge in [0.2, 0.25) is 0 Å². The Hall–Kier alpha value is -4.26. The number of nitrogens with one attached hydrogen (secondary N) is 1. The van der Waals surface area contributed by atoms with Crippen LogP contribution in [0, 0.1) is 6.92 Å². The number of hydrogen-bond acceptors (Lipinski definition) is 5. The molecule has 2 aromatic carbocycles. The maximum atomic E-state index is 12.6. The lowest BCUT2D eigenvalue weighted by Crippen LogP contribution is -2.21. The average molecular weight is 471 g/mol. The van der Waals surface area contributed by atoms with E-state index in [4.69, 9.17) is 0 Å². The SMILES string of the molecule is C=c1cccc/c1=C/C=C(\C)C(=O)Nc1ccc(Cc2nc(C)c(CC(=O)O)c(N(C)C)n2)cc1. The number of aliphatic carboxylic acids is 1. The van der Waals surface area contributed by atoms with Crippen LogP contribution in [0.2, 0.25) is 0 Å². The van der Waals surface area contributed by atoms with Crippen molar-refractivity contribution < 1.29 is 14.7 Å². The van der Waals surface area contributed by atoms with Gasteiger partial charge >= 0.3 is 5.97 Å². The van der Waals surface area contributed by atoms with Crippen molar-refractivity contribution in [2.75, 3.05) is 24.3 Å². The summed E-state index contributed by atoms with van der Waals surface area (Å²) in [6, 6.07) is 15.3. The second-order valence-electron chi connectivity index (χ2n) is 8.54. The number of hydrogen-bond donors (Lipinski definition) is 2. The number of aryl methyl sites for hydroxylation is 1. The van der Waals surface area contributed by atoms with Crippen LogP contribution < -0.4 is 20.7 Å². The number of carbonyl (C=O) groups excluding carboxylic acids is 1. The van der Waals surface area contributed by atoms with E-state index >= 15 is 0 Å². The highest BCUT2D eigenvalue weighted by Crippen LogP contribution is 2.21. The molecule has 0 spiro atoms. The molecule has 0 saturated carbocycles. The summed E-state index contributed by atoms with van der Waals surface area (Å²) in [6.45, 7) is 7.56. The summed E-state index contributed by atoms with van der Waals surface area (Å²) in [4.78, 5) is 34.7. The second-order valence-corrected chi connectivity index (χ2v) is 8.54. The van der Waals surface area contributed by atoms with Gasteiger partial charge in [-0.2, -0.15) is 0 Å². The quantitative estimate of drug-likeness (QED) is 0.492. The van der Waals surface area contributed by atoms with Crippen molar-refractivity contribution in [2.24, 2.45) is 0 Å². The summed E-state index contributed by atoms with van der Waals surface area (Å²) in [7, 11) is 3.67. The molecule has 0 bridgehead atoms. The number of carbonyl (C=O) groups is 2. The summed E-state index contributed by atoms with van der Waals surface area (Å²) in [5.41, 5.74) is 3.52. The van der Waals surface area contributed by atoms with Crippen LogP contribution in [-0.4, -0.2) is 41.0 Å². The zero-order valence-electron chi connectivity index (χ0n) is 20.5. The summed E-state index contributed by atoms with van der Waals surface area (Å²) in [6.07, 6.45) is 4.03. The van der Waals surface area contributed by atoms with Gasteiger partial charge in [0.05, 0.1) is 6.42 Å². The molecular formula is C28H30N4O3. The first kappa shape index (κ1) is 25.4. The molecule has 3 rings (SSSR count). The lowest BCUT2D eigenvalue weighted by atomic mass is 10.1. The molecule has 2 N–H and O–H groups in total. The Labute approximate surface area is 205 Å². The number of rotatable bonds is 8. The lowest BCUT2D eigenvalue weighted by molar-refractivity contribution is -0.136. The Morgan fingerprint density at radius 3 is 2.40 bits per heavy atom. The number of amides is 1. The van der Waals surface area contributed by atoms with Crippen LogP contribution in [0.5, 0.6) is 0 Å². The molecule has 0 radical (unpaired) electrons. The molecule has 1 amide bonds. The van der Waals surface area contributed by atoms with Gasteiger partial charge in [-0.05, 0) is 42.0 Å². The van der Waals surface area contributed by atoms with Gasteiger partial charge in [-0.3, -0.25) is 9.59 Å². The third kappa shape index (κ3) is 6.86. The van der Waals surface area contributed by atoms with Crippen LogP contribution in [0.4, 0.5) is 11.5 Å². The number of allylic oxidation sites excluding steroid dienone is 1. The van der Waals surface area contributed by atoms with E-state index in [-0.39, 0.29) is 12.3 Å². The van der Waals surface area contributed by atoms with Gasteiger partial charge in [-0.1, -0.05) is 55.1 Å². The van der Waals surface area contributed by atoms with E-state index in [1.165, 1.54) is 0 Å². The van der Waals surface area contributed by atoms with Gasteiger partial charge in [0.25, 0.3) is 5.91 Å². The largest absolute Gasteiger partial charge is 0.481 e. The third-order valence-corrected chi connectivity index (χ3v) is 5.49. The molecule has 0 unspecified atom stereocenters. The van der Waals surface area contributed by atoms with Gasteiger partial charge in [-0.15, -0.1) is 0 Å². The molecule has 1 aromatic heterocycles. The molecular weight excluding hydrogens is 440 g/mol. The fourth-order valence-electron chi connectivity index (χ4n) is 3.55. The molecule has 3 aromatic rings. The molecule has 0 aliphatic rings. The van der Waals surface area contributed by atoms with Crippen molar-refractivity contribution in [3.05, 3.63) is 93.3 Å². The molecule has 0 aliphatic heterocycles. The van der Waals surface area contributed by atoms with E-state index in [9.17, 15) is 14.7 Å². The van der Waals surface area contributed by atoms with Crippen LogP contribution in [0.1, 0.15) is 29.6 Å². The minimum atomic E-state index is -0.916. The number of nitrogens with zero attached hydrogens (tertiary/aromatic N) is 3. The Kier molecular flexibility index (Phi) is 8.15. The van der Waals surface area contributed by atoms with Gasteiger partial charge in [0, 0.05) is 43.0 Å². The fraction of sp³-hybridized carbons (Fsp3) is 0.214. The summed E-state index contributed by atoms with van der Waals surface area (Å²) in [5.74, 6) is 0.121. The van der Waals surface area contributed by atoms with Crippen LogP contribution >= 0.6 is 0 Å². The van der Waals surface area contributed by atoms with Gasteiger partial charge in [-0.25, -0.2) is 9.97 Å². The first-order valence-electron chi connectivity index (χ1n) is 11.2. The molecule has 0 fully saturated rings. The van der Waals surface area contributed by atoms with E-state index < -0.39 is 5.97 Å². The summed E-state index contributed by atoms with van der Waals surface area (Å²) >= 11 is 0. The van der Waals surface area contributed by atoms with Crippen LogP contribution in [0.15, 0.2) is 60.2 Å². The monoisotopic (exact) mass is 470 g/mol. The maximum Gasteiger partial charge on any atom is 0.308 e. The predicted octanol–water partition coefficient (Wildman–Crippen LogP) is 2.84. The van der Waals surface area contributed by atoms with E-state index in [2.05, 4.69) is 21.9 Å². The Bertz CT molecular complexity index is 1380. The van der Waals surface area contributed by atoms with Crippen molar-refractivity contribution in [2.45, 2.75) is 26.7 Å². The molecule has 35 heavy (non-hydrogen) atoms. The van der Waals surface area contributed by atoms with E-state index in [0.29, 0.717) is 40.6 Å². The van der Waals surface area contributed by atoms with Crippen LogP contribution in [0.25, 0.3) is 12.7 Å². The highest BCUT2D eigenvalue weighted by atomic mass is 16.4. The molecule has 0 atom stereocenters. The minimum Gasteiger partial charge on any atom is -0.481 e. The van der Waals surface area contributed by atoms with Crippen molar-refractivity contribution in [3.63, 3.8) is 0 Å². The number of anilines is 2. The standard InChI is InChI=1S/C28H30N4O3/c1-18-8-6-7-9-22(18)13-10-19(2)28(35)30-23-14-11-21(12-15-23)16-25-29-20(3)24(17-26(33)34)27(31-25)32(4)5/h6-15H,1,16-17H2,2-5H3,(H,30,35)(H,33,34)/b19-10+,22-13-. The van der Waals surface area contributed by atoms with Crippen molar-refractivity contribution in [1.82, 2.24) is 9.97 Å². The normalized spacial score (nSPS) is 11.9. The maximum absolute atomic E-state index is 12.6. The van der Waals surface area contributed by atoms with Crippen LogP contribution in [-0.2, 0) is 22.4 Å². The smallest absolute Gasteiger partial charge is 0.308 e. The third-order valence-electron chi connectivity index (χ3n) is 5.49. The fourth-order valence-corrected chi connectivity index (χ4v) is 3.55. The average Bonchev–Trinajstić information content (AvgIpc) is 2.80. The Morgan fingerprint density at radius 1 is 1.09 bits per heavy atom. The van der Waals surface area contributed by atoms with Gasteiger partial charge in [0.15, 0.2) is 0 Å². The minimum absolute atomic E-state index is 0.124. The first-order chi connectivity index (χ1) is 16.6.